The number of methoxy groups -OCH3 is 1. The van der Waals surface area contributed by atoms with Crippen LogP contribution < -0.4 is 10.1 Å². The van der Waals surface area contributed by atoms with Gasteiger partial charge in [-0.05, 0) is 14.0 Å². The van der Waals surface area contributed by atoms with Gasteiger partial charge in [-0.15, -0.1) is 0 Å². The number of aliphatic hydroxyl groups excluding tert-OH is 1. The summed E-state index contributed by atoms with van der Waals surface area (Å²) in [7, 11) is 3.32. The summed E-state index contributed by atoms with van der Waals surface area (Å²) in [5, 5.41) is 12.6. The quantitative estimate of drug-likeness (QED) is 0.713. The van der Waals surface area contributed by atoms with E-state index in [2.05, 4.69) is 15.3 Å². The summed E-state index contributed by atoms with van der Waals surface area (Å²) in [4.78, 5) is 7.96. The maximum Gasteiger partial charge on any atom is 0.219 e. The fraction of sp³-hybridized carbons (Fsp3) is 0.556. The topological polar surface area (TPSA) is 67.3 Å². The molecule has 5 heteroatoms. The largest absolute Gasteiger partial charge is 0.481 e. The van der Waals surface area contributed by atoms with Crippen LogP contribution in [0.4, 0.5) is 0 Å². The van der Waals surface area contributed by atoms with E-state index in [-0.39, 0.29) is 0 Å². The maximum absolute atomic E-state index is 9.71. The minimum atomic E-state index is -0.628. The van der Waals surface area contributed by atoms with Crippen molar-refractivity contribution in [1.29, 1.82) is 0 Å². The van der Waals surface area contributed by atoms with Crippen LogP contribution in [0.1, 0.15) is 17.4 Å². The highest BCUT2D eigenvalue weighted by Crippen LogP contribution is 2.20. The first kappa shape index (κ1) is 10.9. The minimum Gasteiger partial charge on any atom is -0.481 e. The molecule has 0 aliphatic rings. The van der Waals surface area contributed by atoms with Gasteiger partial charge < -0.3 is 15.2 Å². The summed E-state index contributed by atoms with van der Waals surface area (Å²) in [5.74, 6) is 0.505. The van der Waals surface area contributed by atoms with Crippen molar-refractivity contribution >= 4 is 0 Å². The smallest absolute Gasteiger partial charge is 0.219 e. The lowest BCUT2D eigenvalue weighted by Crippen LogP contribution is -2.19. The molecule has 0 saturated carbocycles. The van der Waals surface area contributed by atoms with Crippen LogP contribution >= 0.6 is 0 Å². The number of aliphatic hydroxyl groups is 1. The Morgan fingerprint density at radius 1 is 1.57 bits per heavy atom. The van der Waals surface area contributed by atoms with Gasteiger partial charge in [0, 0.05) is 12.1 Å². The molecule has 0 aliphatic heterocycles. The highest BCUT2D eigenvalue weighted by Gasteiger charge is 2.14. The van der Waals surface area contributed by atoms with Gasteiger partial charge in [0.2, 0.25) is 5.88 Å². The van der Waals surface area contributed by atoms with Crippen molar-refractivity contribution in [3.8, 4) is 5.88 Å². The highest BCUT2D eigenvalue weighted by atomic mass is 16.5. The highest BCUT2D eigenvalue weighted by molar-refractivity contribution is 5.29. The number of ether oxygens (including phenoxy) is 1. The number of hydrogen-bond acceptors (Lipinski definition) is 5. The number of aromatic nitrogens is 2. The van der Waals surface area contributed by atoms with Crippen LogP contribution in [-0.4, -0.2) is 35.8 Å². The van der Waals surface area contributed by atoms with Gasteiger partial charge in [0.15, 0.2) is 0 Å². The van der Waals surface area contributed by atoms with Crippen LogP contribution in [0.25, 0.3) is 0 Å². The molecule has 0 radical (unpaired) electrons. The van der Waals surface area contributed by atoms with E-state index in [1.807, 2.05) is 6.92 Å². The van der Waals surface area contributed by atoms with Crippen LogP contribution in [0.3, 0.4) is 0 Å². The van der Waals surface area contributed by atoms with Crippen molar-refractivity contribution in [2.75, 3.05) is 20.7 Å². The molecule has 1 aromatic heterocycles. The summed E-state index contributed by atoms with van der Waals surface area (Å²) in [6.45, 7) is 2.29. The van der Waals surface area contributed by atoms with E-state index < -0.39 is 6.10 Å². The third-order valence-electron chi connectivity index (χ3n) is 1.98. The lowest BCUT2D eigenvalue weighted by atomic mass is 10.1. The molecule has 0 aliphatic carbocycles. The Kier molecular flexibility index (Phi) is 3.79. The second kappa shape index (κ2) is 4.88. The molecule has 0 aromatic carbocycles. The molecule has 2 N–H and O–H groups in total. The first-order valence-corrected chi connectivity index (χ1v) is 4.38. The molecule has 1 rings (SSSR count). The lowest BCUT2D eigenvalue weighted by molar-refractivity contribution is 0.171. The predicted octanol–water partition coefficient (Wildman–Crippen LogP) is 0.0464. The predicted molar refractivity (Wildman–Crippen MR) is 52.2 cm³/mol. The molecule has 0 amide bonds. The van der Waals surface area contributed by atoms with E-state index in [9.17, 15) is 5.11 Å². The SMILES string of the molecule is CNCC(O)c1ncnc(OC)c1C. The fourth-order valence-corrected chi connectivity index (χ4v) is 1.28. The average Bonchev–Trinajstić information content (AvgIpc) is 2.18. The second-order valence-electron chi connectivity index (χ2n) is 2.97. The summed E-state index contributed by atoms with van der Waals surface area (Å²) in [5.41, 5.74) is 1.38. The maximum atomic E-state index is 9.71. The lowest BCUT2D eigenvalue weighted by Gasteiger charge is -2.13. The van der Waals surface area contributed by atoms with Crippen LogP contribution in [0, 0.1) is 6.92 Å². The molecular weight excluding hydrogens is 182 g/mol. The summed E-state index contributed by atoms with van der Waals surface area (Å²) >= 11 is 0. The molecule has 14 heavy (non-hydrogen) atoms. The number of rotatable bonds is 4. The fourth-order valence-electron chi connectivity index (χ4n) is 1.28. The molecule has 0 spiro atoms. The number of hydrogen-bond donors (Lipinski definition) is 2. The van der Waals surface area contributed by atoms with Gasteiger partial charge in [0.1, 0.15) is 12.4 Å². The Hall–Kier alpha value is -1.20. The monoisotopic (exact) mass is 197 g/mol. The standard InChI is InChI=1S/C9H15N3O2/c1-6-8(7(13)4-10-2)11-5-12-9(6)14-3/h5,7,10,13H,4H2,1-3H3. The molecule has 5 nitrogen and oxygen atoms in total. The van der Waals surface area contributed by atoms with Crippen LogP contribution in [0.2, 0.25) is 0 Å². The second-order valence-corrected chi connectivity index (χ2v) is 2.97. The van der Waals surface area contributed by atoms with Crippen molar-refractivity contribution in [1.82, 2.24) is 15.3 Å². The van der Waals surface area contributed by atoms with Gasteiger partial charge in [-0.3, -0.25) is 0 Å². The molecule has 1 unspecified atom stereocenters. The zero-order valence-corrected chi connectivity index (χ0v) is 8.61. The van der Waals surface area contributed by atoms with Crippen molar-refractivity contribution in [2.45, 2.75) is 13.0 Å². The van der Waals surface area contributed by atoms with Gasteiger partial charge in [-0.1, -0.05) is 0 Å². The first-order valence-electron chi connectivity index (χ1n) is 4.38. The average molecular weight is 197 g/mol. The molecule has 78 valence electrons. The van der Waals surface area contributed by atoms with Crippen LogP contribution in [0.15, 0.2) is 6.33 Å². The number of nitrogens with one attached hydrogen (secondary N) is 1. The zero-order valence-electron chi connectivity index (χ0n) is 8.61. The minimum absolute atomic E-state index is 0.459. The van der Waals surface area contributed by atoms with Gasteiger partial charge in [-0.2, -0.15) is 0 Å². The Balaban J connectivity index is 2.96. The Morgan fingerprint density at radius 3 is 2.86 bits per heavy atom. The Morgan fingerprint density at radius 2 is 2.29 bits per heavy atom. The molecule has 1 heterocycles. The van der Waals surface area contributed by atoms with Gasteiger partial charge in [0.25, 0.3) is 0 Å². The van der Waals surface area contributed by atoms with Gasteiger partial charge in [-0.25, -0.2) is 9.97 Å². The molecule has 0 bridgehead atoms. The van der Waals surface area contributed by atoms with E-state index in [0.29, 0.717) is 18.1 Å². The summed E-state index contributed by atoms with van der Waals surface area (Å²) in [6.07, 6.45) is 0.761. The molecule has 0 saturated heterocycles. The number of likely N-dealkylation sites (N-methyl/N-ethyl adjacent to an activating group) is 1. The third kappa shape index (κ3) is 2.18. The van der Waals surface area contributed by atoms with Gasteiger partial charge in [0.05, 0.1) is 12.8 Å². The Labute approximate surface area is 83.2 Å². The van der Waals surface area contributed by atoms with Crippen molar-refractivity contribution in [3.05, 3.63) is 17.6 Å². The third-order valence-corrected chi connectivity index (χ3v) is 1.98. The summed E-state index contributed by atoms with van der Waals surface area (Å²) < 4.78 is 5.03. The number of nitrogens with zero attached hydrogens (tertiary/aromatic N) is 2. The van der Waals surface area contributed by atoms with Crippen molar-refractivity contribution in [3.63, 3.8) is 0 Å². The zero-order chi connectivity index (χ0) is 10.6. The Bertz CT molecular complexity index is 304. The van der Waals surface area contributed by atoms with Crippen molar-refractivity contribution in [2.24, 2.45) is 0 Å². The van der Waals surface area contributed by atoms with E-state index in [1.165, 1.54) is 6.33 Å². The van der Waals surface area contributed by atoms with Crippen LogP contribution in [0.5, 0.6) is 5.88 Å². The van der Waals surface area contributed by atoms with Gasteiger partial charge >= 0.3 is 0 Å². The van der Waals surface area contributed by atoms with E-state index >= 15 is 0 Å². The normalized spacial score (nSPS) is 12.6. The molecular formula is C9H15N3O2. The first-order chi connectivity index (χ1) is 6.70. The van der Waals surface area contributed by atoms with E-state index in [1.54, 1.807) is 14.2 Å². The van der Waals surface area contributed by atoms with Crippen LogP contribution in [-0.2, 0) is 0 Å². The molecule has 1 atom stereocenters. The van der Waals surface area contributed by atoms with E-state index in [0.717, 1.165) is 5.56 Å². The molecule has 0 fully saturated rings. The van der Waals surface area contributed by atoms with E-state index in [4.69, 9.17) is 4.74 Å². The summed E-state index contributed by atoms with van der Waals surface area (Å²) in [6, 6.07) is 0. The van der Waals surface area contributed by atoms with Crippen molar-refractivity contribution < 1.29 is 9.84 Å². The molecule has 1 aromatic rings.